The summed E-state index contributed by atoms with van der Waals surface area (Å²) in [6.07, 6.45) is 4.83. The number of aryl methyl sites for hydroxylation is 1. The van der Waals surface area contributed by atoms with Crippen LogP contribution in [0.15, 0.2) is 46.3 Å². The molecule has 0 saturated carbocycles. The van der Waals surface area contributed by atoms with Crippen LogP contribution in [0.1, 0.15) is 34.1 Å². The lowest BCUT2D eigenvalue weighted by atomic mass is 10.1. The Balaban J connectivity index is 1.36. The number of hydrogen-bond donors (Lipinski definition) is 2. The van der Waals surface area contributed by atoms with Crippen LogP contribution >= 0.6 is 0 Å². The molecule has 166 valence electrons. The molecule has 2 aromatic heterocycles. The fourth-order valence-electron chi connectivity index (χ4n) is 4.39. The molecule has 1 aliphatic heterocycles. The first-order valence-corrected chi connectivity index (χ1v) is 10.9. The number of nitroso groups, excluding NO2 is 1. The standard InChI is InChI=1S/C23H25N5O4/c29-23(25-7-8-28-9-11-31-12-10-28)22-21(18-5-6-24-14-20(18)32-22)26-16-2-3-17-15(13-16)1-4-19(17)27-30/h2-3,5-6,13-14,19,26H,1,4,7-12H2,(H,25,29). The number of ether oxygens (including phenoxy) is 1. The minimum absolute atomic E-state index is 0.225. The quantitative estimate of drug-likeness (QED) is 0.548. The van der Waals surface area contributed by atoms with Gasteiger partial charge in [0.25, 0.3) is 5.91 Å². The zero-order chi connectivity index (χ0) is 21.9. The average molecular weight is 435 g/mol. The fourth-order valence-corrected chi connectivity index (χ4v) is 4.39. The van der Waals surface area contributed by atoms with Crippen molar-refractivity contribution < 1.29 is 13.9 Å². The van der Waals surface area contributed by atoms with Crippen molar-refractivity contribution in [3.05, 3.63) is 58.5 Å². The number of fused-ring (bicyclic) bond motifs is 2. The van der Waals surface area contributed by atoms with E-state index >= 15 is 0 Å². The van der Waals surface area contributed by atoms with E-state index in [4.69, 9.17) is 9.15 Å². The van der Waals surface area contributed by atoms with E-state index in [1.165, 1.54) is 0 Å². The summed E-state index contributed by atoms with van der Waals surface area (Å²) in [5, 5.41) is 10.3. The van der Waals surface area contributed by atoms with Crippen molar-refractivity contribution in [3.63, 3.8) is 0 Å². The number of benzene rings is 1. The Bertz CT molecular complexity index is 1140. The molecule has 1 atom stereocenters. The minimum Gasteiger partial charge on any atom is -0.447 e. The lowest BCUT2D eigenvalue weighted by Gasteiger charge is -2.26. The Kier molecular flexibility index (Phi) is 5.83. The van der Waals surface area contributed by atoms with Gasteiger partial charge in [-0.3, -0.25) is 14.7 Å². The van der Waals surface area contributed by atoms with Gasteiger partial charge in [0.05, 0.1) is 25.1 Å². The van der Waals surface area contributed by atoms with E-state index in [1.54, 1.807) is 12.4 Å². The van der Waals surface area contributed by atoms with Crippen molar-refractivity contribution in [2.24, 2.45) is 5.18 Å². The van der Waals surface area contributed by atoms with Gasteiger partial charge in [-0.15, -0.1) is 0 Å². The van der Waals surface area contributed by atoms with Crippen LogP contribution in [0, 0.1) is 4.91 Å². The molecule has 1 aliphatic carbocycles. The molecule has 3 heterocycles. The number of hydrogen-bond acceptors (Lipinski definition) is 8. The van der Waals surface area contributed by atoms with E-state index in [2.05, 4.69) is 25.7 Å². The van der Waals surface area contributed by atoms with E-state index in [0.717, 1.165) is 67.9 Å². The highest BCUT2D eigenvalue weighted by Gasteiger charge is 2.25. The predicted octanol–water partition coefficient (Wildman–Crippen LogP) is 3.39. The highest BCUT2D eigenvalue weighted by atomic mass is 16.5. The summed E-state index contributed by atoms with van der Waals surface area (Å²) in [6.45, 7) is 4.48. The smallest absolute Gasteiger partial charge is 0.289 e. The SMILES string of the molecule is O=NC1CCc2cc(Nc3c(C(=O)NCCN4CCOCC4)oc4cnccc34)ccc21. The van der Waals surface area contributed by atoms with Gasteiger partial charge in [-0.2, -0.15) is 4.91 Å². The first-order chi connectivity index (χ1) is 15.7. The second-order valence-corrected chi connectivity index (χ2v) is 8.09. The number of carbonyl (C=O) groups excluding carboxylic acids is 1. The molecule has 1 unspecified atom stereocenters. The van der Waals surface area contributed by atoms with Gasteiger partial charge < -0.3 is 19.8 Å². The maximum absolute atomic E-state index is 13.0. The van der Waals surface area contributed by atoms with E-state index in [0.29, 0.717) is 17.8 Å². The van der Waals surface area contributed by atoms with Gasteiger partial charge in [-0.1, -0.05) is 11.2 Å². The number of nitrogens with zero attached hydrogens (tertiary/aromatic N) is 3. The van der Waals surface area contributed by atoms with Crippen molar-refractivity contribution in [3.8, 4) is 0 Å². The number of amides is 1. The molecule has 9 nitrogen and oxygen atoms in total. The average Bonchev–Trinajstić information content (AvgIpc) is 3.41. The number of furan rings is 1. The number of morpholine rings is 1. The summed E-state index contributed by atoms with van der Waals surface area (Å²) in [4.78, 5) is 30.4. The number of carbonyl (C=O) groups is 1. The highest BCUT2D eigenvalue weighted by molar-refractivity contribution is 6.07. The molecule has 1 fully saturated rings. The summed E-state index contributed by atoms with van der Waals surface area (Å²) < 4.78 is 11.2. The Hall–Kier alpha value is -3.30. The van der Waals surface area contributed by atoms with Crippen molar-refractivity contribution >= 4 is 28.3 Å². The van der Waals surface area contributed by atoms with Gasteiger partial charge in [0.1, 0.15) is 6.04 Å². The summed E-state index contributed by atoms with van der Waals surface area (Å²) >= 11 is 0. The van der Waals surface area contributed by atoms with Crippen LogP contribution in [0.25, 0.3) is 11.0 Å². The van der Waals surface area contributed by atoms with Crippen LogP contribution in [0.3, 0.4) is 0 Å². The first kappa shape index (κ1) is 20.6. The van der Waals surface area contributed by atoms with Gasteiger partial charge in [0, 0.05) is 43.4 Å². The van der Waals surface area contributed by atoms with Crippen LogP contribution < -0.4 is 10.6 Å². The highest BCUT2D eigenvalue weighted by Crippen LogP contribution is 2.37. The second-order valence-electron chi connectivity index (χ2n) is 8.09. The van der Waals surface area contributed by atoms with E-state index in [-0.39, 0.29) is 17.7 Å². The maximum atomic E-state index is 13.0. The summed E-state index contributed by atoms with van der Waals surface area (Å²) in [5.74, 6) is -0.0498. The van der Waals surface area contributed by atoms with Crippen LogP contribution in [0.5, 0.6) is 0 Å². The van der Waals surface area contributed by atoms with E-state index < -0.39 is 0 Å². The fraction of sp³-hybridized carbons (Fsp3) is 0.391. The molecule has 32 heavy (non-hydrogen) atoms. The van der Waals surface area contributed by atoms with Crippen molar-refractivity contribution in [1.82, 2.24) is 15.2 Å². The van der Waals surface area contributed by atoms with Crippen LogP contribution in [-0.2, 0) is 11.2 Å². The van der Waals surface area contributed by atoms with Gasteiger partial charge in [-0.25, -0.2) is 0 Å². The van der Waals surface area contributed by atoms with Gasteiger partial charge in [0.2, 0.25) is 5.76 Å². The lowest BCUT2D eigenvalue weighted by molar-refractivity contribution is 0.0382. The van der Waals surface area contributed by atoms with Gasteiger partial charge in [0.15, 0.2) is 5.58 Å². The number of anilines is 2. The lowest BCUT2D eigenvalue weighted by Crippen LogP contribution is -2.41. The molecule has 2 N–H and O–H groups in total. The number of pyridine rings is 1. The minimum atomic E-state index is -0.275. The largest absolute Gasteiger partial charge is 0.447 e. The second kappa shape index (κ2) is 9.05. The zero-order valence-electron chi connectivity index (χ0n) is 17.7. The van der Waals surface area contributed by atoms with Crippen LogP contribution in [0.4, 0.5) is 11.4 Å². The molecule has 2 aliphatic rings. The molecule has 9 heteroatoms. The summed E-state index contributed by atoms with van der Waals surface area (Å²) in [7, 11) is 0. The third-order valence-electron chi connectivity index (χ3n) is 6.10. The zero-order valence-corrected chi connectivity index (χ0v) is 17.7. The molecule has 3 aromatic rings. The molecular weight excluding hydrogens is 410 g/mol. The van der Waals surface area contributed by atoms with Gasteiger partial charge >= 0.3 is 0 Å². The van der Waals surface area contributed by atoms with Crippen molar-refractivity contribution in [2.75, 3.05) is 44.7 Å². The molecule has 0 bridgehead atoms. The van der Waals surface area contributed by atoms with Crippen molar-refractivity contribution in [2.45, 2.75) is 18.9 Å². The molecule has 1 saturated heterocycles. The molecule has 1 aromatic carbocycles. The monoisotopic (exact) mass is 435 g/mol. The Labute approximate surface area is 185 Å². The van der Waals surface area contributed by atoms with E-state index in [1.807, 2.05) is 24.3 Å². The third-order valence-corrected chi connectivity index (χ3v) is 6.10. The van der Waals surface area contributed by atoms with Crippen molar-refractivity contribution in [1.29, 1.82) is 0 Å². The maximum Gasteiger partial charge on any atom is 0.289 e. The Morgan fingerprint density at radius 2 is 2.12 bits per heavy atom. The first-order valence-electron chi connectivity index (χ1n) is 10.9. The number of aromatic nitrogens is 1. The topological polar surface area (TPSA) is 109 Å². The van der Waals surface area contributed by atoms with Crippen LogP contribution in [-0.4, -0.2) is 55.2 Å². The Morgan fingerprint density at radius 3 is 2.97 bits per heavy atom. The summed E-state index contributed by atoms with van der Waals surface area (Å²) in [6, 6.07) is 7.41. The molecule has 5 rings (SSSR count). The number of nitrogens with one attached hydrogen (secondary N) is 2. The Morgan fingerprint density at radius 1 is 1.25 bits per heavy atom. The normalized spacial score (nSPS) is 18.4. The predicted molar refractivity (Wildman–Crippen MR) is 120 cm³/mol. The molecular formula is C23H25N5O4. The molecule has 1 amide bonds. The van der Waals surface area contributed by atoms with Crippen LogP contribution in [0.2, 0.25) is 0 Å². The third kappa shape index (κ3) is 4.09. The summed E-state index contributed by atoms with van der Waals surface area (Å²) in [5.41, 5.74) is 4.06. The molecule has 0 radical (unpaired) electrons. The number of rotatable bonds is 7. The van der Waals surface area contributed by atoms with Gasteiger partial charge in [-0.05, 0) is 42.2 Å². The molecule has 0 spiro atoms. The van der Waals surface area contributed by atoms with E-state index in [9.17, 15) is 9.70 Å².